The zero-order chi connectivity index (χ0) is 13.2. The van der Waals surface area contributed by atoms with Crippen molar-refractivity contribution >= 4 is 12.4 Å². The second-order valence-electron chi connectivity index (χ2n) is 6.41. The molecule has 0 spiro atoms. The minimum Gasteiger partial charge on any atom is -0.327 e. The molecule has 1 aliphatic heterocycles. The fourth-order valence-corrected chi connectivity index (χ4v) is 3.35. The van der Waals surface area contributed by atoms with Gasteiger partial charge in [0.15, 0.2) is 0 Å². The average molecular weight is 295 g/mol. The zero-order valence-corrected chi connectivity index (χ0v) is 13.2. The van der Waals surface area contributed by atoms with Crippen LogP contribution in [0.25, 0.3) is 0 Å². The van der Waals surface area contributed by atoms with Crippen LogP contribution in [0, 0.1) is 0 Å². The maximum atomic E-state index is 6.14. The summed E-state index contributed by atoms with van der Waals surface area (Å²) in [5.74, 6) is 0.862. The molecule has 1 aromatic carbocycles. The molecule has 0 bridgehead atoms. The Balaban J connectivity index is 0.00000147. The third-order valence-corrected chi connectivity index (χ3v) is 4.69. The molecule has 1 aliphatic carbocycles. The summed E-state index contributed by atoms with van der Waals surface area (Å²) in [4.78, 5) is 2.58. The molecule has 1 aromatic rings. The van der Waals surface area contributed by atoms with Crippen LogP contribution in [-0.4, -0.2) is 23.5 Å². The first kappa shape index (κ1) is 15.8. The second kappa shape index (κ2) is 6.93. The number of piperidine rings is 1. The Morgan fingerprint density at radius 3 is 2.45 bits per heavy atom. The van der Waals surface area contributed by atoms with Crippen LogP contribution in [-0.2, 0) is 6.54 Å². The minimum absolute atomic E-state index is 0. The number of benzene rings is 1. The molecule has 1 saturated heterocycles. The van der Waals surface area contributed by atoms with Crippen LogP contribution in [0.5, 0.6) is 0 Å². The molecule has 1 heterocycles. The number of hydrogen-bond donors (Lipinski definition) is 1. The fourth-order valence-electron chi connectivity index (χ4n) is 3.35. The molecule has 2 nitrogen and oxygen atoms in total. The average Bonchev–Trinajstić information content (AvgIpc) is 3.24. The standard InChI is InChI=1S/C17H26N2.ClH/c1-13(18)17-4-2-3-11-19(17)12-14-5-7-15(8-6-14)16-9-10-16;/h5-8,13,16-17H,2-4,9-12,18H2,1H3;1H. The van der Waals surface area contributed by atoms with E-state index in [0.717, 1.165) is 12.5 Å². The van der Waals surface area contributed by atoms with Gasteiger partial charge in [0.25, 0.3) is 0 Å². The smallest absolute Gasteiger partial charge is 0.0248 e. The molecule has 0 aromatic heterocycles. The van der Waals surface area contributed by atoms with E-state index < -0.39 is 0 Å². The van der Waals surface area contributed by atoms with E-state index >= 15 is 0 Å². The Bertz CT molecular complexity index is 412. The molecule has 2 aliphatic rings. The van der Waals surface area contributed by atoms with Crippen LogP contribution >= 0.6 is 12.4 Å². The van der Waals surface area contributed by atoms with Crippen molar-refractivity contribution in [2.75, 3.05) is 6.54 Å². The minimum atomic E-state index is 0. The molecule has 1 saturated carbocycles. The van der Waals surface area contributed by atoms with Crippen molar-refractivity contribution in [2.24, 2.45) is 5.73 Å². The first-order chi connectivity index (χ1) is 9.24. The molecule has 3 heteroatoms. The molecule has 2 N–H and O–H groups in total. The van der Waals surface area contributed by atoms with Gasteiger partial charge in [-0.15, -0.1) is 12.4 Å². The molecular formula is C17H27ClN2. The summed E-state index contributed by atoms with van der Waals surface area (Å²) in [6, 6.07) is 10.2. The van der Waals surface area contributed by atoms with Crippen molar-refractivity contribution in [1.82, 2.24) is 4.90 Å². The lowest BCUT2D eigenvalue weighted by Gasteiger charge is -2.38. The third-order valence-electron chi connectivity index (χ3n) is 4.69. The zero-order valence-electron chi connectivity index (χ0n) is 12.4. The Morgan fingerprint density at radius 1 is 1.15 bits per heavy atom. The van der Waals surface area contributed by atoms with E-state index in [0.29, 0.717) is 6.04 Å². The maximum absolute atomic E-state index is 6.14. The topological polar surface area (TPSA) is 29.3 Å². The van der Waals surface area contributed by atoms with Gasteiger partial charge in [0.1, 0.15) is 0 Å². The summed E-state index contributed by atoms with van der Waals surface area (Å²) >= 11 is 0. The van der Waals surface area contributed by atoms with Crippen molar-refractivity contribution in [3.05, 3.63) is 35.4 Å². The van der Waals surface area contributed by atoms with Crippen molar-refractivity contribution in [1.29, 1.82) is 0 Å². The number of nitrogens with two attached hydrogens (primary N) is 1. The summed E-state index contributed by atoms with van der Waals surface area (Å²) in [5.41, 5.74) is 9.12. The number of rotatable bonds is 4. The summed E-state index contributed by atoms with van der Waals surface area (Å²) in [6.45, 7) is 4.42. The molecule has 2 atom stereocenters. The van der Waals surface area contributed by atoms with E-state index in [9.17, 15) is 0 Å². The number of likely N-dealkylation sites (tertiary alicyclic amines) is 1. The van der Waals surface area contributed by atoms with E-state index in [1.54, 1.807) is 0 Å². The van der Waals surface area contributed by atoms with Gasteiger partial charge in [0.2, 0.25) is 0 Å². The van der Waals surface area contributed by atoms with Gasteiger partial charge in [0.05, 0.1) is 0 Å². The third kappa shape index (κ3) is 3.75. The molecule has 2 unspecified atom stereocenters. The second-order valence-corrected chi connectivity index (χ2v) is 6.41. The molecular weight excluding hydrogens is 268 g/mol. The lowest BCUT2D eigenvalue weighted by molar-refractivity contribution is 0.123. The Morgan fingerprint density at radius 2 is 1.85 bits per heavy atom. The fraction of sp³-hybridized carbons (Fsp3) is 0.647. The van der Waals surface area contributed by atoms with Gasteiger partial charge in [-0.2, -0.15) is 0 Å². The Hall–Kier alpha value is -0.570. The highest BCUT2D eigenvalue weighted by Crippen LogP contribution is 2.40. The lowest BCUT2D eigenvalue weighted by Crippen LogP contribution is -2.48. The molecule has 112 valence electrons. The van der Waals surface area contributed by atoms with Gasteiger partial charge in [-0.3, -0.25) is 4.90 Å². The first-order valence-corrected chi connectivity index (χ1v) is 7.82. The predicted molar refractivity (Wildman–Crippen MR) is 87.4 cm³/mol. The molecule has 0 radical (unpaired) electrons. The van der Waals surface area contributed by atoms with Gasteiger partial charge in [-0.25, -0.2) is 0 Å². The SMILES string of the molecule is CC(N)C1CCCCN1Cc1ccc(C2CC2)cc1.Cl. The lowest BCUT2D eigenvalue weighted by atomic mass is 9.96. The van der Waals surface area contributed by atoms with E-state index in [2.05, 4.69) is 36.1 Å². The highest BCUT2D eigenvalue weighted by atomic mass is 35.5. The number of hydrogen-bond acceptors (Lipinski definition) is 2. The maximum Gasteiger partial charge on any atom is 0.0248 e. The van der Waals surface area contributed by atoms with Crippen molar-refractivity contribution < 1.29 is 0 Å². The summed E-state index contributed by atoms with van der Waals surface area (Å²) in [6.07, 6.45) is 6.70. The van der Waals surface area contributed by atoms with E-state index in [-0.39, 0.29) is 18.4 Å². The van der Waals surface area contributed by atoms with Crippen LogP contribution in [0.2, 0.25) is 0 Å². The van der Waals surface area contributed by atoms with Crippen LogP contribution in [0.4, 0.5) is 0 Å². The molecule has 3 rings (SSSR count). The quantitative estimate of drug-likeness (QED) is 0.918. The number of nitrogens with zero attached hydrogens (tertiary/aromatic N) is 1. The normalized spacial score (nSPS) is 25.0. The van der Waals surface area contributed by atoms with Crippen LogP contribution < -0.4 is 5.73 Å². The van der Waals surface area contributed by atoms with Gasteiger partial charge in [-0.05, 0) is 56.2 Å². The molecule has 0 amide bonds. The summed E-state index contributed by atoms with van der Waals surface area (Å²) in [7, 11) is 0. The predicted octanol–water partition coefficient (Wildman–Crippen LogP) is 3.69. The van der Waals surface area contributed by atoms with E-state index in [1.807, 2.05) is 0 Å². The Kier molecular flexibility index (Phi) is 5.48. The highest BCUT2D eigenvalue weighted by molar-refractivity contribution is 5.85. The first-order valence-electron chi connectivity index (χ1n) is 7.82. The highest BCUT2D eigenvalue weighted by Gasteiger charge is 2.26. The largest absolute Gasteiger partial charge is 0.327 e. The van der Waals surface area contributed by atoms with Gasteiger partial charge in [0, 0.05) is 18.6 Å². The molecule has 20 heavy (non-hydrogen) atoms. The summed E-state index contributed by atoms with van der Waals surface area (Å²) < 4.78 is 0. The molecule has 2 fully saturated rings. The monoisotopic (exact) mass is 294 g/mol. The van der Waals surface area contributed by atoms with Gasteiger partial charge in [-0.1, -0.05) is 30.7 Å². The van der Waals surface area contributed by atoms with Gasteiger partial charge >= 0.3 is 0 Å². The number of halogens is 1. The van der Waals surface area contributed by atoms with Crippen molar-refractivity contribution in [3.63, 3.8) is 0 Å². The van der Waals surface area contributed by atoms with Crippen molar-refractivity contribution in [2.45, 2.75) is 63.6 Å². The van der Waals surface area contributed by atoms with Crippen LogP contribution in [0.3, 0.4) is 0 Å². The van der Waals surface area contributed by atoms with Crippen molar-refractivity contribution in [3.8, 4) is 0 Å². The van der Waals surface area contributed by atoms with Gasteiger partial charge < -0.3 is 5.73 Å². The van der Waals surface area contributed by atoms with Crippen LogP contribution in [0.1, 0.15) is 56.1 Å². The van der Waals surface area contributed by atoms with Crippen LogP contribution in [0.15, 0.2) is 24.3 Å². The summed E-state index contributed by atoms with van der Waals surface area (Å²) in [5, 5.41) is 0. The Labute approximate surface area is 129 Å². The van der Waals surface area contributed by atoms with E-state index in [4.69, 9.17) is 5.73 Å². The van der Waals surface area contributed by atoms with E-state index in [1.165, 1.54) is 49.8 Å².